The van der Waals surface area contributed by atoms with Gasteiger partial charge in [-0.3, -0.25) is 18.6 Å². The summed E-state index contributed by atoms with van der Waals surface area (Å²) in [5.41, 5.74) is 2.05. The summed E-state index contributed by atoms with van der Waals surface area (Å²) < 4.78 is 66.9. The topological polar surface area (TPSA) is 156 Å². The van der Waals surface area contributed by atoms with E-state index in [4.69, 9.17) is 19.9 Å². The van der Waals surface area contributed by atoms with Crippen LogP contribution in [0.1, 0.15) is 34.6 Å². The Morgan fingerprint density at radius 2 is 1.27 bits per heavy atom. The first kappa shape index (κ1) is 53.8. The van der Waals surface area contributed by atoms with Crippen molar-refractivity contribution < 1.29 is 204 Å². The van der Waals surface area contributed by atoms with Gasteiger partial charge in [0.15, 0.2) is 6.61 Å². The van der Waals surface area contributed by atoms with Crippen LogP contribution in [0.2, 0.25) is 0 Å². The van der Waals surface area contributed by atoms with Crippen molar-refractivity contribution in [2.24, 2.45) is 0 Å². The molecule has 44 heavy (non-hydrogen) atoms. The van der Waals surface area contributed by atoms with E-state index in [1.165, 1.54) is 36.4 Å². The molecule has 0 unspecified atom stereocenters. The van der Waals surface area contributed by atoms with Crippen LogP contribution in [0.5, 0.6) is 11.5 Å². The van der Waals surface area contributed by atoms with E-state index in [9.17, 15) is 31.2 Å². The first-order valence-corrected chi connectivity index (χ1v) is 12.4. The maximum absolute atomic E-state index is 11.8. The van der Waals surface area contributed by atoms with Crippen molar-refractivity contribution in [2.45, 2.75) is 24.9 Å². The molecule has 0 heterocycles. The predicted octanol–water partition coefficient (Wildman–Crippen LogP) is -2.08. The zero-order valence-corrected chi connectivity index (χ0v) is 35.5. The molecule has 0 fully saturated rings. The van der Waals surface area contributed by atoms with Crippen molar-refractivity contribution in [1.29, 1.82) is 0 Å². The SMILES string of the molecule is CCOc1ccc(C=O)cc1.Cc1ccc(S(=O)(=O)OCC(F)(F)F)cc1.O=CO[O-].O=Cc1ccc(O)cc1.[H-].[K+].[K+].[V].[W]. The van der Waals surface area contributed by atoms with Crippen LogP contribution >= 0.6 is 0 Å². The molecule has 10 nitrogen and oxygen atoms in total. The van der Waals surface area contributed by atoms with E-state index in [0.29, 0.717) is 17.7 Å². The fourth-order valence-corrected chi connectivity index (χ4v) is 3.17. The van der Waals surface area contributed by atoms with E-state index in [1.54, 1.807) is 43.3 Å². The molecule has 0 aromatic heterocycles. The van der Waals surface area contributed by atoms with Crippen molar-refractivity contribution >= 4 is 29.2 Å². The number of aromatic hydroxyl groups is 1. The number of rotatable bonds is 8. The Morgan fingerprint density at radius 3 is 1.61 bits per heavy atom. The molecule has 0 atom stereocenters. The van der Waals surface area contributed by atoms with E-state index < -0.39 is 22.9 Å². The smallest absolute Gasteiger partial charge is 1.00 e. The van der Waals surface area contributed by atoms with Crippen LogP contribution < -0.4 is 113 Å². The summed E-state index contributed by atoms with van der Waals surface area (Å²) in [5, 5.41) is 17.2. The molecule has 3 aromatic carbocycles. The first-order chi connectivity index (χ1) is 18.8. The van der Waals surface area contributed by atoms with Gasteiger partial charge >= 0.3 is 109 Å². The number of hydrogen-bond donors (Lipinski definition) is 1. The number of aldehydes is 2. The molecule has 3 aromatic rings. The number of hydrogen-bond acceptors (Lipinski definition) is 10. The van der Waals surface area contributed by atoms with Gasteiger partial charge in [0.1, 0.15) is 24.1 Å². The number of halogens is 3. The number of carbonyl (C=O) groups is 3. The fraction of sp³-hybridized carbons (Fsp3) is 0.192. The summed E-state index contributed by atoms with van der Waals surface area (Å²) in [6.07, 6.45) is -3.12. The van der Waals surface area contributed by atoms with E-state index in [1.807, 2.05) is 6.92 Å². The molecule has 0 saturated carbocycles. The fourth-order valence-electron chi connectivity index (χ4n) is 2.28. The van der Waals surface area contributed by atoms with Crippen molar-refractivity contribution in [1.82, 2.24) is 0 Å². The van der Waals surface area contributed by atoms with Gasteiger partial charge in [0, 0.05) is 50.7 Å². The van der Waals surface area contributed by atoms with Crippen LogP contribution in [-0.2, 0) is 63.6 Å². The molecule has 231 valence electrons. The average molecular weight is 902 g/mol. The second-order valence-electron chi connectivity index (χ2n) is 7.17. The minimum atomic E-state index is -4.67. The largest absolute Gasteiger partial charge is 1.00 e. The Kier molecular flexibility index (Phi) is 37.4. The number of carbonyl (C=O) groups excluding carboxylic acids is 3. The predicted molar refractivity (Wildman–Crippen MR) is 135 cm³/mol. The monoisotopic (exact) mass is 901 g/mol. The van der Waals surface area contributed by atoms with Gasteiger partial charge < -0.3 is 21.4 Å². The molecular formula is C26H27F3K2O10SVW. The number of benzene rings is 3. The molecule has 0 amide bonds. The third-order valence-electron chi connectivity index (χ3n) is 4.08. The zero-order chi connectivity index (χ0) is 30.6. The zero-order valence-electron chi connectivity index (χ0n) is 25.1. The van der Waals surface area contributed by atoms with Crippen LogP contribution in [0.15, 0.2) is 77.7 Å². The van der Waals surface area contributed by atoms with E-state index in [-0.39, 0.29) is 161 Å². The summed E-state index contributed by atoms with van der Waals surface area (Å²) in [6, 6.07) is 18.4. The van der Waals surface area contributed by atoms with Crippen LogP contribution in [0.25, 0.3) is 0 Å². The third-order valence-corrected chi connectivity index (χ3v) is 5.36. The Morgan fingerprint density at radius 1 is 0.864 bits per heavy atom. The number of phenols is 1. The van der Waals surface area contributed by atoms with Crippen LogP contribution in [-0.4, -0.2) is 52.0 Å². The molecule has 1 radical (unpaired) electrons. The molecule has 0 bridgehead atoms. The van der Waals surface area contributed by atoms with Crippen LogP contribution in [0.4, 0.5) is 13.2 Å². The maximum atomic E-state index is 11.8. The Labute approximate surface area is 366 Å². The number of alkyl halides is 3. The molecular weight excluding hydrogens is 874 g/mol. The van der Waals surface area contributed by atoms with Gasteiger partial charge in [-0.15, -0.1) is 0 Å². The van der Waals surface area contributed by atoms with Crippen molar-refractivity contribution in [3.63, 3.8) is 0 Å². The Hall–Kier alpha value is 0.275. The summed E-state index contributed by atoms with van der Waals surface area (Å²) >= 11 is 0. The maximum Gasteiger partial charge on any atom is 1.00 e. The van der Waals surface area contributed by atoms with Gasteiger partial charge in [-0.25, -0.2) is 0 Å². The summed E-state index contributed by atoms with van der Waals surface area (Å²) in [7, 11) is -4.33. The van der Waals surface area contributed by atoms with Gasteiger partial charge in [-0.05, 0) is 74.5 Å². The molecule has 0 aliphatic carbocycles. The van der Waals surface area contributed by atoms with Crippen LogP contribution in [0.3, 0.4) is 0 Å². The van der Waals surface area contributed by atoms with E-state index >= 15 is 0 Å². The molecule has 0 aliphatic heterocycles. The molecule has 1 N–H and O–H groups in total. The quantitative estimate of drug-likeness (QED) is 0.0876. The molecule has 18 heteroatoms. The summed E-state index contributed by atoms with van der Waals surface area (Å²) in [6.45, 7) is 2.31. The second-order valence-corrected chi connectivity index (χ2v) is 8.78. The standard InChI is InChI=1S/C9H9F3O3S.C9H10O2.C7H6O2.CH2O3.2K.V.W.H/c1-7-2-4-8(5-3-7)16(13,14)15-6-9(10,11)12;1-2-11-9-5-3-8(7-10)4-6-9;8-5-6-1-3-7(9)4-2-6;2-1-4-3;;;;;/h2-5H,6H2,1H3;3-7H,2H2,1H3;1-5,9H;1,3H;;;;;/q;;;;2*+1;;;-1/p-1. The second kappa shape index (κ2) is 30.6. The number of ether oxygens (including phenoxy) is 1. The minimum Gasteiger partial charge on any atom is -1.00 e. The Balaban J connectivity index is -0.000000117. The van der Waals surface area contributed by atoms with Gasteiger partial charge in [0.2, 0.25) is 0 Å². The Bertz CT molecular complexity index is 1280. The molecule has 3 rings (SSSR count). The normalized spacial score (nSPS) is 9.23. The van der Waals surface area contributed by atoms with Gasteiger partial charge in [0.25, 0.3) is 16.6 Å². The van der Waals surface area contributed by atoms with Gasteiger partial charge in [0.05, 0.1) is 11.5 Å². The molecule has 0 spiro atoms. The third kappa shape index (κ3) is 27.4. The van der Waals surface area contributed by atoms with Gasteiger partial charge in [-0.1, -0.05) is 17.7 Å². The van der Waals surface area contributed by atoms with Crippen LogP contribution in [0, 0.1) is 6.92 Å². The average Bonchev–Trinajstić information content (AvgIpc) is 2.94. The molecule has 0 aliphatic rings. The van der Waals surface area contributed by atoms with Gasteiger partial charge in [-0.2, -0.15) is 21.6 Å². The first-order valence-electron chi connectivity index (χ1n) is 11.0. The van der Waals surface area contributed by atoms with E-state index in [0.717, 1.165) is 23.9 Å². The van der Waals surface area contributed by atoms with Crippen molar-refractivity contribution in [3.8, 4) is 11.5 Å². The number of phenolic OH excluding ortho intramolecular Hbond substituents is 1. The minimum absolute atomic E-state index is 0. The molecule has 0 saturated heterocycles. The number of aryl methyl sites for hydroxylation is 1. The van der Waals surface area contributed by atoms with E-state index in [2.05, 4.69) is 9.07 Å². The summed E-state index contributed by atoms with van der Waals surface area (Å²) in [4.78, 5) is 31.2. The van der Waals surface area contributed by atoms with Crippen molar-refractivity contribution in [2.75, 3.05) is 13.2 Å². The van der Waals surface area contributed by atoms with Crippen molar-refractivity contribution in [3.05, 3.63) is 89.5 Å². The summed E-state index contributed by atoms with van der Waals surface area (Å²) in [5.74, 6) is 0.985.